The van der Waals surface area contributed by atoms with E-state index >= 15 is 4.79 Å². The Kier molecular flexibility index (Phi) is 11.9. The summed E-state index contributed by atoms with van der Waals surface area (Å²) >= 11 is 12.9. The molecule has 6 rings (SSSR count). The smallest absolute Gasteiger partial charge is 0.326 e. The van der Waals surface area contributed by atoms with E-state index in [0.29, 0.717) is 80.3 Å². The third-order valence-corrected chi connectivity index (χ3v) is 12.3. The molecular weight excluding hydrogens is 735 g/mol. The summed E-state index contributed by atoms with van der Waals surface area (Å²) in [5.41, 5.74) is 7.02. The van der Waals surface area contributed by atoms with E-state index in [1.54, 1.807) is 0 Å². The molecule has 3 aliphatic rings. The van der Waals surface area contributed by atoms with E-state index in [1.165, 1.54) is 0 Å². The highest BCUT2D eigenvalue weighted by molar-refractivity contribution is 6.30. The zero-order chi connectivity index (χ0) is 39.7. The number of hydrogen-bond donors (Lipinski definition) is 1. The zero-order valence-corrected chi connectivity index (χ0v) is 34.4. The van der Waals surface area contributed by atoms with Crippen LogP contribution in [-0.2, 0) is 26.1 Å². The number of piperazine rings is 1. The Hall–Kier alpha value is -4.12. The van der Waals surface area contributed by atoms with Gasteiger partial charge in [0, 0.05) is 55.2 Å². The molecule has 12 heteroatoms. The van der Waals surface area contributed by atoms with Crippen molar-refractivity contribution in [2.45, 2.75) is 77.3 Å². The first kappa shape index (κ1) is 40.5. The predicted octanol–water partition coefficient (Wildman–Crippen LogP) is 7.43. The van der Waals surface area contributed by atoms with Crippen LogP contribution in [0, 0.1) is 5.92 Å². The van der Waals surface area contributed by atoms with Gasteiger partial charge in [-0.25, -0.2) is 4.79 Å². The quantitative estimate of drug-likeness (QED) is 0.255. The monoisotopic (exact) mass is 788 g/mol. The van der Waals surface area contributed by atoms with Crippen molar-refractivity contribution in [3.8, 4) is 5.75 Å². The van der Waals surface area contributed by atoms with Crippen LogP contribution in [0.5, 0.6) is 5.75 Å². The van der Waals surface area contributed by atoms with E-state index in [0.717, 1.165) is 28.7 Å². The largest absolute Gasteiger partial charge is 0.493 e. The summed E-state index contributed by atoms with van der Waals surface area (Å²) in [5, 5.41) is 1.20. The zero-order valence-electron chi connectivity index (χ0n) is 32.9. The maximum absolute atomic E-state index is 15.4. The van der Waals surface area contributed by atoms with Gasteiger partial charge in [-0.15, -0.1) is 0 Å². The van der Waals surface area contributed by atoms with E-state index in [2.05, 4.69) is 51.7 Å². The van der Waals surface area contributed by atoms with Crippen molar-refractivity contribution in [2.75, 3.05) is 52.4 Å². The fourth-order valence-corrected chi connectivity index (χ4v) is 8.43. The van der Waals surface area contributed by atoms with Crippen LogP contribution in [0.15, 0.2) is 71.7 Å². The van der Waals surface area contributed by atoms with Gasteiger partial charge in [0.2, 0.25) is 11.8 Å². The van der Waals surface area contributed by atoms with Crippen LogP contribution in [0.2, 0.25) is 10.0 Å². The van der Waals surface area contributed by atoms with Gasteiger partial charge in [0.25, 0.3) is 0 Å². The molecule has 10 nitrogen and oxygen atoms in total. The van der Waals surface area contributed by atoms with E-state index < -0.39 is 11.1 Å². The number of primary amides is 1. The first-order valence-electron chi connectivity index (χ1n) is 19.3. The minimum Gasteiger partial charge on any atom is -0.493 e. The van der Waals surface area contributed by atoms with Gasteiger partial charge < -0.3 is 20.3 Å². The Morgan fingerprint density at radius 2 is 1.45 bits per heavy atom. The third-order valence-electron chi connectivity index (χ3n) is 11.8. The van der Waals surface area contributed by atoms with E-state index in [-0.39, 0.29) is 35.7 Å². The Balaban J connectivity index is 1.37. The average Bonchev–Trinajstić information content (AvgIpc) is 3.27. The Bertz CT molecular complexity index is 1920. The number of hydrogen-bond acceptors (Lipinski definition) is 6. The minimum absolute atomic E-state index is 0.0371. The van der Waals surface area contributed by atoms with Crippen molar-refractivity contribution in [3.63, 3.8) is 0 Å². The summed E-state index contributed by atoms with van der Waals surface area (Å²) in [4.78, 5) is 53.8. The summed E-state index contributed by atoms with van der Waals surface area (Å²) < 4.78 is 6.33. The first-order chi connectivity index (χ1) is 26.1. The molecule has 3 aromatic carbocycles. The van der Waals surface area contributed by atoms with Gasteiger partial charge in [0.1, 0.15) is 22.7 Å². The molecular formula is C43H54Cl2N6O4. The lowest BCUT2D eigenvalue weighted by Gasteiger charge is -2.47. The number of likely N-dealkylation sites (tertiary alicyclic amines) is 1. The van der Waals surface area contributed by atoms with Gasteiger partial charge in [-0.1, -0.05) is 74.3 Å². The lowest BCUT2D eigenvalue weighted by molar-refractivity contribution is -0.133. The number of carbonyl (C=O) groups excluding carboxylic acids is 3. The summed E-state index contributed by atoms with van der Waals surface area (Å²) in [6.45, 7) is 16.3. The van der Waals surface area contributed by atoms with Gasteiger partial charge in [0.15, 0.2) is 0 Å². The minimum atomic E-state index is -1.04. The maximum atomic E-state index is 15.4. The molecule has 0 aliphatic carbocycles. The van der Waals surface area contributed by atoms with Crippen molar-refractivity contribution in [1.29, 1.82) is 0 Å². The van der Waals surface area contributed by atoms with E-state index in [4.69, 9.17) is 38.7 Å². The summed E-state index contributed by atoms with van der Waals surface area (Å²) in [5.74, 6) is 0.724. The standard InChI is InChI=1S/C43H54Cl2N6O4/c1-7-55-36-27-32(41(2,3)4)14-19-35(36)39-47-42(5,30-10-15-33(44)16-11-30)43(6,31-12-17-34(45)18-13-31)51(39)40(54)50-25-23-48(24-26-50)28-37(52)49-21-8-9-29(20-22-49)38(46)53/h10-19,27,29H,7-9,20-26,28H2,1-6H3,(H2,46,53)/t29?,42-,43+/m0/s1. The van der Waals surface area contributed by atoms with Crippen LogP contribution in [0.25, 0.3) is 0 Å². The lowest BCUT2D eigenvalue weighted by Crippen LogP contribution is -2.61. The number of amides is 4. The van der Waals surface area contributed by atoms with E-state index in [1.807, 2.05) is 76.2 Å². The summed E-state index contributed by atoms with van der Waals surface area (Å²) in [6.07, 6.45) is 2.06. The molecule has 0 saturated carbocycles. The number of aliphatic imine (C=N–C) groups is 1. The predicted molar refractivity (Wildman–Crippen MR) is 219 cm³/mol. The van der Waals surface area contributed by atoms with Gasteiger partial charge in [-0.2, -0.15) is 0 Å². The maximum Gasteiger partial charge on any atom is 0.326 e. The highest BCUT2D eigenvalue weighted by Crippen LogP contribution is 2.54. The molecule has 0 bridgehead atoms. The molecule has 2 fully saturated rings. The van der Waals surface area contributed by atoms with Crippen molar-refractivity contribution in [2.24, 2.45) is 16.6 Å². The topological polar surface area (TPSA) is 112 Å². The Morgan fingerprint density at radius 3 is 2.04 bits per heavy atom. The van der Waals surface area contributed by atoms with Gasteiger partial charge in [-0.05, 0) is 98.5 Å². The number of nitrogens with zero attached hydrogens (tertiary/aromatic N) is 5. The molecule has 4 amide bonds. The van der Waals surface area contributed by atoms with Crippen molar-refractivity contribution in [3.05, 3.63) is 99.0 Å². The number of nitrogens with two attached hydrogens (primary N) is 1. The molecule has 294 valence electrons. The molecule has 2 N–H and O–H groups in total. The van der Waals surface area contributed by atoms with E-state index in [9.17, 15) is 9.59 Å². The van der Waals surface area contributed by atoms with Gasteiger partial charge in [-0.3, -0.25) is 24.4 Å². The molecule has 55 heavy (non-hydrogen) atoms. The van der Waals surface area contributed by atoms with Crippen molar-refractivity contribution < 1.29 is 19.1 Å². The summed E-state index contributed by atoms with van der Waals surface area (Å²) in [6, 6.07) is 21.3. The molecule has 3 heterocycles. The summed E-state index contributed by atoms with van der Waals surface area (Å²) in [7, 11) is 0. The van der Waals surface area contributed by atoms with Crippen LogP contribution < -0.4 is 10.5 Å². The molecule has 3 aromatic rings. The lowest BCUT2D eigenvalue weighted by atomic mass is 9.71. The Morgan fingerprint density at radius 1 is 0.836 bits per heavy atom. The SMILES string of the molecule is CCOc1cc(C(C)(C)C)ccc1C1=N[C@@](C)(c2ccc(Cl)cc2)[C@@](C)(c2ccc(Cl)cc2)N1C(=O)N1CCN(CC(=O)N2CCCC(C(N)=O)CC2)CC1. The Labute approximate surface area is 335 Å². The molecule has 0 radical (unpaired) electrons. The fraction of sp³-hybridized carbons (Fsp3) is 0.488. The molecule has 0 spiro atoms. The number of rotatable bonds is 8. The molecule has 0 aromatic heterocycles. The second kappa shape index (κ2) is 16.2. The highest BCUT2D eigenvalue weighted by Gasteiger charge is 2.60. The first-order valence-corrected chi connectivity index (χ1v) is 20.1. The van der Waals surface area contributed by atoms with Crippen LogP contribution in [0.4, 0.5) is 4.79 Å². The molecule has 1 unspecified atom stereocenters. The number of benzene rings is 3. The van der Waals surface area contributed by atoms with Crippen LogP contribution in [0.3, 0.4) is 0 Å². The number of amidine groups is 1. The van der Waals surface area contributed by atoms with Crippen LogP contribution in [-0.4, -0.2) is 95.7 Å². The number of halogens is 2. The van der Waals surface area contributed by atoms with Crippen LogP contribution >= 0.6 is 23.2 Å². The molecule has 2 saturated heterocycles. The fourth-order valence-electron chi connectivity index (χ4n) is 8.18. The number of ether oxygens (including phenoxy) is 1. The highest BCUT2D eigenvalue weighted by atomic mass is 35.5. The van der Waals surface area contributed by atoms with Crippen molar-refractivity contribution >= 4 is 46.9 Å². The average molecular weight is 790 g/mol. The number of urea groups is 1. The molecule has 3 atom stereocenters. The second-order valence-electron chi connectivity index (χ2n) is 16.3. The molecule has 3 aliphatic heterocycles. The van der Waals surface area contributed by atoms with Crippen molar-refractivity contribution in [1.82, 2.24) is 19.6 Å². The normalized spacial score (nSPS) is 23.7. The van der Waals surface area contributed by atoms with Crippen LogP contribution in [0.1, 0.15) is 83.1 Å². The van der Waals surface area contributed by atoms with Gasteiger partial charge >= 0.3 is 6.03 Å². The number of carbonyl (C=O) groups is 3. The second-order valence-corrected chi connectivity index (χ2v) is 17.2. The third kappa shape index (κ3) is 8.09. The van der Waals surface area contributed by atoms with Gasteiger partial charge in [0.05, 0.1) is 18.7 Å².